The number of carbonyl (C=O) groups excluding carboxylic acids is 3. The van der Waals surface area contributed by atoms with Crippen molar-refractivity contribution in [2.45, 2.75) is 24.7 Å². The molecule has 0 saturated carbocycles. The molecule has 0 radical (unpaired) electrons. The molecule has 2 aromatic rings. The molecule has 2 aromatic carbocycles. The number of carbonyl (C=O) groups is 3. The largest absolute Gasteiger partial charge is 0.491 e. The first-order valence-electron chi connectivity index (χ1n) is 10.0. The summed E-state index contributed by atoms with van der Waals surface area (Å²) >= 11 is 0. The summed E-state index contributed by atoms with van der Waals surface area (Å²) in [4.78, 5) is 37.9. The van der Waals surface area contributed by atoms with Gasteiger partial charge in [0.25, 0.3) is 5.91 Å². The molecule has 182 valence electrons. The van der Waals surface area contributed by atoms with Gasteiger partial charge >= 0.3 is 12.2 Å². The molecular weight excluding hydrogens is 462 g/mol. The molecule has 8 nitrogen and oxygen atoms in total. The smallest absolute Gasteiger partial charge is 0.416 e. The van der Waals surface area contributed by atoms with Gasteiger partial charge in [0.2, 0.25) is 5.91 Å². The number of hydrogen-bond donors (Lipinski definition) is 3. The molecule has 0 bridgehead atoms. The minimum Gasteiger partial charge on any atom is -0.491 e. The number of nitrogens with zero attached hydrogens (tertiary/aromatic N) is 1. The first-order valence-corrected chi connectivity index (χ1v) is 10.0. The van der Waals surface area contributed by atoms with Gasteiger partial charge in [-0.3, -0.25) is 14.5 Å². The molecule has 3 N–H and O–H groups in total. The SMILES string of the molecule is CC1(c2ccc(F)cc2)NC(=O)N(CC(=O)NCC(O)COc2cccc(C(F)(F)F)c2)C1=O. The van der Waals surface area contributed by atoms with Crippen molar-refractivity contribution in [3.8, 4) is 5.75 Å². The minimum absolute atomic E-state index is 0.111. The zero-order valence-corrected chi connectivity index (χ0v) is 17.9. The summed E-state index contributed by atoms with van der Waals surface area (Å²) < 4.78 is 56.5. The zero-order chi connectivity index (χ0) is 25.1. The highest BCUT2D eigenvalue weighted by Crippen LogP contribution is 2.31. The van der Waals surface area contributed by atoms with E-state index in [0.717, 1.165) is 30.3 Å². The molecule has 1 aliphatic rings. The molecule has 1 fully saturated rings. The van der Waals surface area contributed by atoms with Crippen LogP contribution in [0, 0.1) is 5.82 Å². The third kappa shape index (κ3) is 5.63. The number of ether oxygens (including phenoxy) is 1. The number of aliphatic hydroxyl groups excluding tert-OH is 1. The van der Waals surface area contributed by atoms with Crippen LogP contribution in [0.25, 0.3) is 0 Å². The molecule has 0 spiro atoms. The van der Waals surface area contributed by atoms with Gasteiger partial charge < -0.3 is 20.5 Å². The fourth-order valence-electron chi connectivity index (χ4n) is 3.26. The van der Waals surface area contributed by atoms with Crippen LogP contribution in [-0.4, -0.2) is 53.7 Å². The molecule has 0 aliphatic carbocycles. The highest BCUT2D eigenvalue weighted by molar-refractivity contribution is 6.09. The molecule has 0 aromatic heterocycles. The van der Waals surface area contributed by atoms with Crippen LogP contribution in [0.4, 0.5) is 22.4 Å². The average Bonchev–Trinajstić information content (AvgIpc) is 3.00. The van der Waals surface area contributed by atoms with Crippen LogP contribution in [0.1, 0.15) is 18.1 Å². The van der Waals surface area contributed by atoms with Crippen LogP contribution in [0.5, 0.6) is 5.75 Å². The van der Waals surface area contributed by atoms with E-state index in [0.29, 0.717) is 10.5 Å². The van der Waals surface area contributed by atoms with Crippen molar-refractivity contribution in [3.05, 3.63) is 65.5 Å². The molecule has 2 unspecified atom stereocenters. The third-order valence-electron chi connectivity index (χ3n) is 5.14. The van der Waals surface area contributed by atoms with E-state index < -0.39 is 60.2 Å². The number of alkyl halides is 3. The van der Waals surface area contributed by atoms with Crippen LogP contribution < -0.4 is 15.4 Å². The second kappa shape index (κ2) is 9.67. The molecule has 1 saturated heterocycles. The molecule has 3 rings (SSSR count). The van der Waals surface area contributed by atoms with Crippen molar-refractivity contribution in [2.24, 2.45) is 0 Å². The Labute approximate surface area is 191 Å². The lowest BCUT2D eigenvalue weighted by Gasteiger charge is -2.22. The average molecular weight is 483 g/mol. The van der Waals surface area contributed by atoms with E-state index in [1.54, 1.807) is 0 Å². The maximum absolute atomic E-state index is 13.2. The quantitative estimate of drug-likeness (QED) is 0.394. The number of benzene rings is 2. The zero-order valence-electron chi connectivity index (χ0n) is 17.9. The van der Waals surface area contributed by atoms with Crippen molar-refractivity contribution in [2.75, 3.05) is 19.7 Å². The van der Waals surface area contributed by atoms with Gasteiger partial charge in [0.05, 0.1) is 5.56 Å². The molecule has 4 amide bonds. The summed E-state index contributed by atoms with van der Waals surface area (Å²) in [6.45, 7) is 0.0416. The van der Waals surface area contributed by atoms with E-state index in [9.17, 15) is 37.1 Å². The summed E-state index contributed by atoms with van der Waals surface area (Å²) in [7, 11) is 0. The number of imide groups is 1. The molecule has 2 atom stereocenters. The van der Waals surface area contributed by atoms with Gasteiger partial charge in [-0.2, -0.15) is 13.2 Å². The molecular formula is C22H21F4N3O5. The lowest BCUT2D eigenvalue weighted by molar-refractivity contribution is -0.137. The standard InChI is InChI=1S/C22H21F4N3O5/c1-21(13-5-7-15(23)8-6-13)19(32)29(20(33)28-21)11-18(31)27-10-16(30)12-34-17-4-2-3-14(9-17)22(24,25)26/h2-9,16,30H,10-12H2,1H3,(H,27,31)(H,28,33). The molecule has 34 heavy (non-hydrogen) atoms. The van der Waals surface area contributed by atoms with E-state index in [4.69, 9.17) is 4.74 Å². The van der Waals surface area contributed by atoms with Crippen molar-refractivity contribution in [1.82, 2.24) is 15.5 Å². The molecule has 1 aliphatic heterocycles. The van der Waals surface area contributed by atoms with Gasteiger partial charge in [-0.1, -0.05) is 18.2 Å². The Morgan fingerprint density at radius 2 is 1.88 bits per heavy atom. The number of aliphatic hydroxyl groups is 1. The molecule has 1 heterocycles. The Balaban J connectivity index is 1.50. The van der Waals surface area contributed by atoms with Crippen molar-refractivity contribution in [3.63, 3.8) is 0 Å². The van der Waals surface area contributed by atoms with Gasteiger partial charge in [0, 0.05) is 6.54 Å². The second-order valence-corrected chi connectivity index (χ2v) is 7.75. The Bertz CT molecular complexity index is 1080. The van der Waals surface area contributed by atoms with E-state index in [-0.39, 0.29) is 12.3 Å². The summed E-state index contributed by atoms with van der Waals surface area (Å²) in [5.74, 6) is -2.10. The second-order valence-electron chi connectivity index (χ2n) is 7.75. The highest BCUT2D eigenvalue weighted by atomic mass is 19.4. The van der Waals surface area contributed by atoms with Crippen molar-refractivity contribution in [1.29, 1.82) is 0 Å². The number of rotatable bonds is 8. The Hall–Kier alpha value is -3.67. The minimum atomic E-state index is -4.54. The molecule has 12 heteroatoms. The first-order chi connectivity index (χ1) is 15.9. The van der Waals surface area contributed by atoms with E-state index in [2.05, 4.69) is 10.6 Å². The number of hydrogen-bond acceptors (Lipinski definition) is 5. The maximum atomic E-state index is 13.2. The van der Waals surface area contributed by atoms with Crippen molar-refractivity contribution < 1.29 is 41.8 Å². The number of amides is 4. The topological polar surface area (TPSA) is 108 Å². The Morgan fingerprint density at radius 1 is 1.21 bits per heavy atom. The monoisotopic (exact) mass is 483 g/mol. The Morgan fingerprint density at radius 3 is 2.53 bits per heavy atom. The highest BCUT2D eigenvalue weighted by Gasteiger charge is 2.49. The number of urea groups is 1. The third-order valence-corrected chi connectivity index (χ3v) is 5.14. The van der Waals surface area contributed by atoms with Crippen LogP contribution >= 0.6 is 0 Å². The van der Waals surface area contributed by atoms with Gasteiger partial charge in [-0.05, 0) is 42.8 Å². The predicted octanol–water partition coefficient (Wildman–Crippen LogP) is 2.17. The fourth-order valence-corrected chi connectivity index (χ4v) is 3.26. The summed E-state index contributed by atoms with van der Waals surface area (Å²) in [6, 6.07) is 8.24. The predicted molar refractivity (Wildman–Crippen MR) is 110 cm³/mol. The summed E-state index contributed by atoms with van der Waals surface area (Å²) in [6.07, 6.45) is -5.82. The van der Waals surface area contributed by atoms with Gasteiger partial charge in [-0.15, -0.1) is 0 Å². The van der Waals surface area contributed by atoms with Gasteiger partial charge in [-0.25, -0.2) is 9.18 Å². The van der Waals surface area contributed by atoms with Crippen molar-refractivity contribution >= 4 is 17.8 Å². The summed E-state index contributed by atoms with van der Waals surface area (Å²) in [5, 5.41) is 14.8. The lowest BCUT2D eigenvalue weighted by Crippen LogP contribution is -2.45. The summed E-state index contributed by atoms with van der Waals surface area (Å²) in [5.41, 5.74) is -2.06. The maximum Gasteiger partial charge on any atom is 0.416 e. The van der Waals surface area contributed by atoms with Crippen LogP contribution in [0.15, 0.2) is 48.5 Å². The first kappa shape index (κ1) is 25.0. The van der Waals surface area contributed by atoms with Gasteiger partial charge in [0.1, 0.15) is 36.4 Å². The lowest BCUT2D eigenvalue weighted by atomic mass is 9.92. The van der Waals surface area contributed by atoms with Crippen LogP contribution in [-0.2, 0) is 21.3 Å². The number of halogens is 4. The van der Waals surface area contributed by atoms with E-state index >= 15 is 0 Å². The van der Waals surface area contributed by atoms with E-state index in [1.165, 1.54) is 25.1 Å². The fraction of sp³-hybridized carbons (Fsp3) is 0.318. The van der Waals surface area contributed by atoms with Gasteiger partial charge in [0.15, 0.2) is 0 Å². The Kier molecular flexibility index (Phi) is 7.10. The van der Waals surface area contributed by atoms with Crippen LogP contribution in [0.2, 0.25) is 0 Å². The van der Waals surface area contributed by atoms with Crippen LogP contribution in [0.3, 0.4) is 0 Å². The normalized spacial score (nSPS) is 19.1. The van der Waals surface area contributed by atoms with E-state index in [1.807, 2.05) is 0 Å². The number of nitrogens with one attached hydrogen (secondary N) is 2.